The Morgan fingerprint density at radius 1 is 1.38 bits per heavy atom. The van der Waals surface area contributed by atoms with Crippen LogP contribution in [0.5, 0.6) is 0 Å². The van der Waals surface area contributed by atoms with Gasteiger partial charge in [0.05, 0.1) is 24.8 Å². The quantitative estimate of drug-likeness (QED) is 0.767. The fourth-order valence-corrected chi connectivity index (χ4v) is 1.93. The summed E-state index contributed by atoms with van der Waals surface area (Å²) in [6.07, 6.45) is 1.40. The first-order valence-corrected chi connectivity index (χ1v) is 6.50. The molecule has 0 aromatic carbocycles. The minimum Gasteiger partial charge on any atom is -0.478 e. The molecule has 0 saturated heterocycles. The number of aromatic nitrogens is 1. The maximum atomic E-state index is 12.6. The summed E-state index contributed by atoms with van der Waals surface area (Å²) >= 11 is 0. The summed E-state index contributed by atoms with van der Waals surface area (Å²) in [6, 6.07) is 2.62. The largest absolute Gasteiger partial charge is 0.478 e. The average Bonchev–Trinajstić information content (AvgIpc) is 2.47. The van der Waals surface area contributed by atoms with Crippen molar-refractivity contribution in [3.63, 3.8) is 0 Å². The molecule has 116 valence electrons. The fraction of sp³-hybridized carbons (Fsp3) is 0.500. The maximum absolute atomic E-state index is 12.6. The number of hydrogen-bond acceptors (Lipinski definition) is 5. The lowest BCUT2D eigenvalue weighted by Crippen LogP contribution is -2.43. The lowest BCUT2D eigenvalue weighted by molar-refractivity contribution is 0.0467. The van der Waals surface area contributed by atoms with E-state index >= 15 is 0 Å². The Balaban J connectivity index is 3.07. The molecule has 1 amide bonds. The zero-order valence-electron chi connectivity index (χ0n) is 12.4. The van der Waals surface area contributed by atoms with Gasteiger partial charge in [0.2, 0.25) is 0 Å². The summed E-state index contributed by atoms with van der Waals surface area (Å²) in [5, 5.41) is 9.15. The van der Waals surface area contributed by atoms with Crippen molar-refractivity contribution in [3.8, 4) is 0 Å². The molecular formula is C14H20N2O5. The molecule has 1 atom stereocenters. The summed E-state index contributed by atoms with van der Waals surface area (Å²) in [6.45, 7) is 2.83. The van der Waals surface area contributed by atoms with E-state index in [1.54, 1.807) is 7.11 Å². The van der Waals surface area contributed by atoms with E-state index in [-0.39, 0.29) is 17.3 Å². The summed E-state index contributed by atoms with van der Waals surface area (Å²) < 4.78 is 10.0. The number of nitrogens with zero attached hydrogens (tertiary/aromatic N) is 2. The standard InChI is InChI=1S/C14H20N2O5/c1-10(9-21-3)16(7-8-20-2)13(17)12-11(14(18)19)5-4-6-15-12/h4-6,10H,7-9H2,1-3H3,(H,18,19). The van der Waals surface area contributed by atoms with Gasteiger partial charge in [-0.3, -0.25) is 9.78 Å². The number of carbonyl (C=O) groups excluding carboxylic acids is 1. The van der Waals surface area contributed by atoms with Gasteiger partial charge < -0.3 is 19.5 Å². The molecule has 1 aromatic rings. The Hall–Kier alpha value is -1.99. The minimum absolute atomic E-state index is 0.0796. The molecule has 0 aliphatic rings. The van der Waals surface area contributed by atoms with Crippen LogP contribution in [-0.2, 0) is 9.47 Å². The van der Waals surface area contributed by atoms with Gasteiger partial charge in [-0.1, -0.05) is 0 Å². The topological polar surface area (TPSA) is 89.0 Å². The molecule has 1 N–H and O–H groups in total. The van der Waals surface area contributed by atoms with E-state index in [4.69, 9.17) is 14.6 Å². The van der Waals surface area contributed by atoms with Gasteiger partial charge in [-0.05, 0) is 19.1 Å². The van der Waals surface area contributed by atoms with Crippen LogP contribution in [0, 0.1) is 0 Å². The number of hydrogen-bond donors (Lipinski definition) is 1. The van der Waals surface area contributed by atoms with Crippen molar-refractivity contribution in [2.24, 2.45) is 0 Å². The molecule has 0 bridgehead atoms. The third-order valence-electron chi connectivity index (χ3n) is 2.98. The van der Waals surface area contributed by atoms with Crippen molar-refractivity contribution < 1.29 is 24.2 Å². The third kappa shape index (κ3) is 4.51. The first kappa shape index (κ1) is 17.1. The minimum atomic E-state index is -1.18. The number of ether oxygens (including phenoxy) is 2. The lowest BCUT2D eigenvalue weighted by Gasteiger charge is -2.28. The van der Waals surface area contributed by atoms with Crippen molar-refractivity contribution in [3.05, 3.63) is 29.6 Å². The van der Waals surface area contributed by atoms with Crippen molar-refractivity contribution in [1.82, 2.24) is 9.88 Å². The molecule has 0 saturated carbocycles. The number of carboxylic acids is 1. The van der Waals surface area contributed by atoms with Crippen LogP contribution < -0.4 is 0 Å². The van der Waals surface area contributed by atoms with Gasteiger partial charge in [-0.15, -0.1) is 0 Å². The fourth-order valence-electron chi connectivity index (χ4n) is 1.93. The van der Waals surface area contributed by atoms with E-state index in [0.29, 0.717) is 19.8 Å². The lowest BCUT2D eigenvalue weighted by atomic mass is 10.1. The average molecular weight is 296 g/mol. The highest BCUT2D eigenvalue weighted by atomic mass is 16.5. The monoisotopic (exact) mass is 296 g/mol. The first-order chi connectivity index (χ1) is 10.0. The van der Waals surface area contributed by atoms with Crippen molar-refractivity contribution >= 4 is 11.9 Å². The summed E-state index contributed by atoms with van der Waals surface area (Å²) in [5.41, 5.74) is -0.196. The Bertz CT molecular complexity index is 492. The van der Waals surface area contributed by atoms with Gasteiger partial charge in [0, 0.05) is 27.0 Å². The predicted molar refractivity (Wildman–Crippen MR) is 75.4 cm³/mol. The van der Waals surface area contributed by atoms with Gasteiger partial charge in [-0.2, -0.15) is 0 Å². The number of carboxylic acid groups (broad SMARTS) is 1. The SMILES string of the molecule is COCCN(C(=O)c1ncccc1C(=O)O)C(C)COC. The normalized spacial score (nSPS) is 12.0. The molecule has 21 heavy (non-hydrogen) atoms. The third-order valence-corrected chi connectivity index (χ3v) is 2.98. The second-order valence-electron chi connectivity index (χ2n) is 4.50. The van der Waals surface area contributed by atoms with E-state index in [1.165, 1.54) is 30.3 Å². The number of aromatic carboxylic acids is 1. The summed E-state index contributed by atoms with van der Waals surface area (Å²) in [4.78, 5) is 29.2. The molecule has 0 fully saturated rings. The van der Waals surface area contributed by atoms with Gasteiger partial charge in [0.1, 0.15) is 5.69 Å². The smallest absolute Gasteiger partial charge is 0.338 e. The van der Waals surface area contributed by atoms with E-state index in [9.17, 15) is 9.59 Å². The molecule has 0 aliphatic heterocycles. The van der Waals surface area contributed by atoms with E-state index in [2.05, 4.69) is 4.98 Å². The van der Waals surface area contributed by atoms with Gasteiger partial charge in [0.15, 0.2) is 0 Å². The zero-order valence-corrected chi connectivity index (χ0v) is 12.4. The molecular weight excluding hydrogens is 276 g/mol. The molecule has 1 unspecified atom stereocenters. The van der Waals surface area contributed by atoms with E-state index < -0.39 is 11.9 Å². The van der Waals surface area contributed by atoms with Crippen molar-refractivity contribution in [1.29, 1.82) is 0 Å². The molecule has 1 aromatic heterocycles. The highest BCUT2D eigenvalue weighted by molar-refractivity contribution is 6.03. The highest BCUT2D eigenvalue weighted by Gasteiger charge is 2.26. The van der Waals surface area contributed by atoms with Gasteiger partial charge >= 0.3 is 5.97 Å². The van der Waals surface area contributed by atoms with Crippen LogP contribution in [0.4, 0.5) is 0 Å². The number of carbonyl (C=O) groups is 2. The highest BCUT2D eigenvalue weighted by Crippen LogP contribution is 2.12. The molecule has 0 radical (unpaired) electrons. The van der Waals surface area contributed by atoms with Crippen LogP contribution in [0.15, 0.2) is 18.3 Å². The van der Waals surface area contributed by atoms with Crippen molar-refractivity contribution in [2.45, 2.75) is 13.0 Å². The zero-order chi connectivity index (χ0) is 15.8. The number of methoxy groups -OCH3 is 2. The second-order valence-corrected chi connectivity index (χ2v) is 4.50. The summed E-state index contributed by atoms with van der Waals surface area (Å²) in [5.74, 6) is -1.63. The predicted octanol–water partition coefficient (Wildman–Crippen LogP) is 0.903. The Kier molecular flexibility index (Phi) is 6.77. The Labute approximate surface area is 123 Å². The van der Waals surface area contributed by atoms with Crippen LogP contribution in [0.25, 0.3) is 0 Å². The van der Waals surface area contributed by atoms with Crippen LogP contribution >= 0.6 is 0 Å². The van der Waals surface area contributed by atoms with Crippen LogP contribution in [-0.4, -0.2) is 66.9 Å². The van der Waals surface area contributed by atoms with Crippen molar-refractivity contribution in [2.75, 3.05) is 34.0 Å². The Morgan fingerprint density at radius 3 is 2.67 bits per heavy atom. The van der Waals surface area contributed by atoms with Crippen LogP contribution in [0.2, 0.25) is 0 Å². The van der Waals surface area contributed by atoms with Gasteiger partial charge in [0.25, 0.3) is 5.91 Å². The number of rotatable bonds is 8. The molecule has 1 rings (SSSR count). The van der Waals surface area contributed by atoms with E-state index in [1.807, 2.05) is 6.92 Å². The van der Waals surface area contributed by atoms with Crippen LogP contribution in [0.3, 0.4) is 0 Å². The Morgan fingerprint density at radius 2 is 2.10 bits per heavy atom. The van der Waals surface area contributed by atoms with Crippen LogP contribution in [0.1, 0.15) is 27.8 Å². The first-order valence-electron chi connectivity index (χ1n) is 6.50. The molecule has 0 aliphatic carbocycles. The number of amides is 1. The molecule has 1 heterocycles. The molecule has 7 nitrogen and oxygen atoms in total. The second kappa shape index (κ2) is 8.33. The van der Waals surface area contributed by atoms with E-state index in [0.717, 1.165) is 0 Å². The molecule has 0 spiro atoms. The maximum Gasteiger partial charge on any atom is 0.338 e. The van der Waals surface area contributed by atoms with Gasteiger partial charge in [-0.25, -0.2) is 4.79 Å². The molecule has 7 heteroatoms. The number of pyridine rings is 1. The summed E-state index contributed by atoms with van der Waals surface area (Å²) in [7, 11) is 3.08.